The summed E-state index contributed by atoms with van der Waals surface area (Å²) in [5.41, 5.74) is 4.03. The summed E-state index contributed by atoms with van der Waals surface area (Å²) in [6.45, 7) is 5.38. The van der Waals surface area contributed by atoms with Crippen LogP contribution in [0.15, 0.2) is 48.5 Å². The molecule has 0 aliphatic heterocycles. The van der Waals surface area contributed by atoms with Gasteiger partial charge in [0.15, 0.2) is 0 Å². The molecule has 2 aliphatic rings. The number of alkyl halides is 2. The highest BCUT2D eigenvalue weighted by atomic mass is 19.3. The first-order valence-electron chi connectivity index (χ1n) is 12.0. The maximum Gasteiger partial charge on any atom is 0.270 e. The Labute approximate surface area is 194 Å². The zero-order valence-electron chi connectivity index (χ0n) is 20.6. The Morgan fingerprint density at radius 2 is 1.75 bits per heavy atom. The van der Waals surface area contributed by atoms with E-state index in [0.29, 0.717) is 5.92 Å². The molecule has 2 aromatic rings. The van der Waals surface area contributed by atoms with Crippen LogP contribution in [0.5, 0.6) is 0 Å². The molecule has 32 heavy (non-hydrogen) atoms. The first-order chi connectivity index (χ1) is 15.2. The number of fused-ring (bicyclic) bond motifs is 3. The van der Waals surface area contributed by atoms with Gasteiger partial charge in [-0.3, -0.25) is 0 Å². The molecule has 1 fully saturated rings. The summed E-state index contributed by atoms with van der Waals surface area (Å²) in [5, 5.41) is 3.10. The summed E-state index contributed by atoms with van der Waals surface area (Å²) in [4.78, 5) is 2.19. The van der Waals surface area contributed by atoms with Gasteiger partial charge in [-0.1, -0.05) is 54.4 Å². The van der Waals surface area contributed by atoms with Crippen molar-refractivity contribution in [1.82, 2.24) is 10.2 Å². The van der Waals surface area contributed by atoms with E-state index in [9.17, 15) is 8.78 Å². The van der Waals surface area contributed by atoms with Gasteiger partial charge in [0, 0.05) is 12.5 Å². The Bertz CT molecular complexity index is 784. The van der Waals surface area contributed by atoms with Crippen molar-refractivity contribution in [2.75, 3.05) is 34.2 Å². The molecule has 2 atom stereocenters. The van der Waals surface area contributed by atoms with Crippen LogP contribution in [0.1, 0.15) is 67.2 Å². The standard InChI is InChI=1S/C15H18F2.C7H8.C6H16N2/c1-15(16,17)12-8-7-11-6-5-10-3-2-4-13(10)14(11)9-12;1-7-5-3-2-4-6-7;1-7-5-4-6-8(2)3/h7-10,13H,2-6H2,1H3;2-6H,1H3;7H,4-6H2,1-3H3. The lowest BCUT2D eigenvalue weighted by Gasteiger charge is -2.29. The minimum Gasteiger partial charge on any atom is -0.320 e. The zero-order chi connectivity index (χ0) is 23.6. The van der Waals surface area contributed by atoms with E-state index in [0.717, 1.165) is 25.8 Å². The van der Waals surface area contributed by atoms with Crippen LogP contribution in [-0.4, -0.2) is 39.1 Å². The summed E-state index contributed by atoms with van der Waals surface area (Å²) in [7, 11) is 6.17. The van der Waals surface area contributed by atoms with E-state index in [2.05, 4.69) is 43.4 Å². The van der Waals surface area contributed by atoms with Crippen LogP contribution in [0.2, 0.25) is 0 Å². The molecule has 0 spiro atoms. The van der Waals surface area contributed by atoms with Gasteiger partial charge < -0.3 is 10.2 Å². The van der Waals surface area contributed by atoms with Crippen LogP contribution >= 0.6 is 0 Å². The predicted octanol–water partition coefficient (Wildman–Crippen LogP) is 6.78. The second-order valence-corrected chi connectivity index (χ2v) is 9.55. The van der Waals surface area contributed by atoms with Crippen LogP contribution in [0.4, 0.5) is 8.78 Å². The van der Waals surface area contributed by atoms with Crippen LogP contribution < -0.4 is 5.32 Å². The van der Waals surface area contributed by atoms with E-state index >= 15 is 0 Å². The number of nitrogens with zero attached hydrogens (tertiary/aromatic N) is 1. The van der Waals surface area contributed by atoms with Crippen molar-refractivity contribution >= 4 is 0 Å². The minimum atomic E-state index is -2.71. The molecule has 1 N–H and O–H groups in total. The van der Waals surface area contributed by atoms with Crippen LogP contribution in [0.3, 0.4) is 0 Å². The molecule has 0 aromatic heterocycles. The molecule has 4 heteroatoms. The molecule has 0 radical (unpaired) electrons. The number of rotatable bonds is 5. The molecule has 0 bridgehead atoms. The largest absolute Gasteiger partial charge is 0.320 e. The van der Waals surface area contributed by atoms with Crippen LogP contribution in [0, 0.1) is 12.8 Å². The summed E-state index contributed by atoms with van der Waals surface area (Å²) < 4.78 is 26.7. The minimum absolute atomic E-state index is 0.184. The Morgan fingerprint density at radius 3 is 2.31 bits per heavy atom. The highest BCUT2D eigenvalue weighted by Crippen LogP contribution is 2.47. The summed E-state index contributed by atoms with van der Waals surface area (Å²) in [6, 6.07) is 15.6. The van der Waals surface area contributed by atoms with Crippen molar-refractivity contribution < 1.29 is 8.78 Å². The van der Waals surface area contributed by atoms with Crippen LogP contribution in [-0.2, 0) is 12.3 Å². The molecule has 0 saturated heterocycles. The van der Waals surface area contributed by atoms with E-state index in [4.69, 9.17) is 0 Å². The maximum atomic E-state index is 13.4. The molecule has 2 aromatic carbocycles. The molecular weight excluding hydrogens is 402 g/mol. The first-order valence-corrected chi connectivity index (χ1v) is 12.0. The van der Waals surface area contributed by atoms with E-state index < -0.39 is 5.92 Å². The molecule has 2 aliphatic carbocycles. The predicted molar refractivity (Wildman–Crippen MR) is 133 cm³/mol. The van der Waals surface area contributed by atoms with E-state index in [1.807, 2.05) is 31.3 Å². The van der Waals surface area contributed by atoms with Gasteiger partial charge in [-0.2, -0.15) is 0 Å². The third-order valence-electron chi connectivity index (χ3n) is 6.47. The highest BCUT2D eigenvalue weighted by Gasteiger charge is 2.35. The fourth-order valence-corrected chi connectivity index (χ4v) is 4.68. The number of aryl methyl sites for hydroxylation is 2. The average molecular weight is 445 g/mol. The average Bonchev–Trinajstić information content (AvgIpc) is 3.24. The van der Waals surface area contributed by atoms with Gasteiger partial charge in [-0.15, -0.1) is 0 Å². The van der Waals surface area contributed by atoms with Gasteiger partial charge in [0.2, 0.25) is 0 Å². The van der Waals surface area contributed by atoms with Gasteiger partial charge in [0.05, 0.1) is 0 Å². The van der Waals surface area contributed by atoms with Crippen molar-refractivity contribution in [3.8, 4) is 0 Å². The number of hydrogen-bond donors (Lipinski definition) is 1. The molecule has 4 rings (SSSR count). The lowest BCUT2D eigenvalue weighted by Crippen LogP contribution is -2.18. The highest BCUT2D eigenvalue weighted by molar-refractivity contribution is 5.39. The second-order valence-electron chi connectivity index (χ2n) is 9.55. The second kappa shape index (κ2) is 13.1. The third-order valence-corrected chi connectivity index (χ3v) is 6.47. The van der Waals surface area contributed by atoms with Crippen molar-refractivity contribution in [2.24, 2.45) is 5.92 Å². The maximum absolute atomic E-state index is 13.4. The monoisotopic (exact) mass is 444 g/mol. The van der Waals surface area contributed by atoms with E-state index in [1.165, 1.54) is 55.3 Å². The molecule has 1 saturated carbocycles. The number of benzene rings is 2. The summed E-state index contributed by atoms with van der Waals surface area (Å²) >= 11 is 0. The van der Waals surface area contributed by atoms with Crippen molar-refractivity contribution in [3.63, 3.8) is 0 Å². The fraction of sp³-hybridized carbons (Fsp3) is 0.571. The quantitative estimate of drug-likeness (QED) is 0.511. The molecule has 2 unspecified atom stereocenters. The number of halogens is 2. The zero-order valence-corrected chi connectivity index (χ0v) is 20.6. The number of hydrogen-bond acceptors (Lipinski definition) is 2. The number of nitrogens with one attached hydrogen (secondary N) is 1. The molecule has 0 amide bonds. The van der Waals surface area contributed by atoms with Crippen molar-refractivity contribution in [2.45, 2.75) is 64.2 Å². The Balaban J connectivity index is 0.000000202. The van der Waals surface area contributed by atoms with E-state index in [-0.39, 0.29) is 5.56 Å². The Kier molecular flexibility index (Phi) is 10.8. The van der Waals surface area contributed by atoms with Gasteiger partial charge in [-0.05, 0) is 102 Å². The first kappa shape index (κ1) is 26.5. The van der Waals surface area contributed by atoms with E-state index in [1.54, 1.807) is 12.1 Å². The Hall–Kier alpha value is -1.78. The molecular formula is C28H42F2N2. The third kappa shape index (κ3) is 8.63. The lowest BCUT2D eigenvalue weighted by atomic mass is 9.76. The van der Waals surface area contributed by atoms with Gasteiger partial charge in [-0.25, -0.2) is 8.78 Å². The molecule has 2 nitrogen and oxygen atoms in total. The lowest BCUT2D eigenvalue weighted by molar-refractivity contribution is 0.0173. The smallest absolute Gasteiger partial charge is 0.270 e. The Morgan fingerprint density at radius 1 is 1.03 bits per heavy atom. The molecule has 178 valence electrons. The summed E-state index contributed by atoms with van der Waals surface area (Å²) in [6.07, 6.45) is 7.31. The fourth-order valence-electron chi connectivity index (χ4n) is 4.68. The van der Waals surface area contributed by atoms with Gasteiger partial charge >= 0.3 is 0 Å². The van der Waals surface area contributed by atoms with Gasteiger partial charge in [0.25, 0.3) is 5.92 Å². The van der Waals surface area contributed by atoms with Crippen LogP contribution in [0.25, 0.3) is 0 Å². The topological polar surface area (TPSA) is 15.3 Å². The normalized spacial score (nSPS) is 19.2. The van der Waals surface area contributed by atoms with Crippen molar-refractivity contribution in [3.05, 3.63) is 70.8 Å². The van der Waals surface area contributed by atoms with Gasteiger partial charge in [0.1, 0.15) is 0 Å². The van der Waals surface area contributed by atoms with Crippen molar-refractivity contribution in [1.29, 1.82) is 0 Å². The molecule has 0 heterocycles. The summed E-state index contributed by atoms with van der Waals surface area (Å²) in [5.74, 6) is -1.40. The SMILES string of the molecule is CC(F)(F)c1ccc2c(c1)C1CCCC1CC2.CNCCCN(C)C.Cc1ccccc1.